The summed E-state index contributed by atoms with van der Waals surface area (Å²) in [6.45, 7) is 1.98. The number of hydrogen-bond acceptors (Lipinski definition) is 8. The number of rotatable bonds is 8. The normalized spacial score (nSPS) is 15.2. The van der Waals surface area contributed by atoms with E-state index in [0.717, 1.165) is 45.6 Å². The average Bonchev–Trinajstić information content (AvgIpc) is 3.55. The van der Waals surface area contributed by atoms with Gasteiger partial charge in [0, 0.05) is 34.6 Å². The Kier molecular flexibility index (Phi) is 7.04. The summed E-state index contributed by atoms with van der Waals surface area (Å²) >= 11 is 3.16. The van der Waals surface area contributed by atoms with Gasteiger partial charge >= 0.3 is 0 Å². The topological polar surface area (TPSA) is 81.6 Å². The number of hydrogen-bond donors (Lipinski definition) is 1. The SMILES string of the molecule is Cc1cc(Sc2cnc(N3C(CCc4ccccc4)=CSC3N)c(Oc3ccccc3)c2)n2nccc2n1. The van der Waals surface area contributed by atoms with Crippen LogP contribution in [0.15, 0.2) is 112 Å². The number of ether oxygens (including phenoxy) is 1. The first-order valence-corrected chi connectivity index (χ1v) is 14.1. The molecule has 4 heterocycles. The maximum atomic E-state index is 6.58. The number of nitrogens with two attached hydrogens (primary N) is 1. The van der Waals surface area contributed by atoms with Gasteiger partial charge in [-0.2, -0.15) is 5.10 Å². The monoisotopic (exact) mass is 538 g/mol. The second kappa shape index (κ2) is 10.9. The quantitative estimate of drug-likeness (QED) is 0.220. The number of aromatic nitrogens is 4. The summed E-state index contributed by atoms with van der Waals surface area (Å²) in [5, 5.41) is 7.53. The Morgan fingerprint density at radius 1 is 1.00 bits per heavy atom. The van der Waals surface area contributed by atoms with Crippen LogP contribution in [0.4, 0.5) is 5.82 Å². The number of anilines is 1. The first-order valence-electron chi connectivity index (χ1n) is 12.3. The number of fused-ring (bicyclic) bond motifs is 1. The van der Waals surface area contributed by atoms with Crippen LogP contribution < -0.4 is 15.4 Å². The molecule has 38 heavy (non-hydrogen) atoms. The Morgan fingerprint density at radius 3 is 2.61 bits per heavy atom. The molecule has 2 N–H and O–H groups in total. The van der Waals surface area contributed by atoms with E-state index in [9.17, 15) is 0 Å². The fraction of sp³-hybridized carbons (Fsp3) is 0.138. The lowest BCUT2D eigenvalue weighted by Crippen LogP contribution is -2.36. The van der Waals surface area contributed by atoms with E-state index in [1.165, 1.54) is 5.56 Å². The molecule has 0 fully saturated rings. The molecule has 1 unspecified atom stereocenters. The molecule has 1 atom stereocenters. The molecular formula is C29H26N6OS2. The van der Waals surface area contributed by atoms with Gasteiger partial charge in [-0.25, -0.2) is 14.5 Å². The largest absolute Gasteiger partial charge is 0.453 e. The summed E-state index contributed by atoms with van der Waals surface area (Å²) in [5.74, 6) is 2.08. The second-order valence-electron chi connectivity index (χ2n) is 8.84. The standard InChI is InChI=1S/C29H26N6OS2/c1-20-16-27(35-26(33-20)14-15-32-35)38-24-17-25(36-23-10-6-3-7-11-23)28(31-18-24)34-22(19-37-29(34)30)13-12-21-8-4-2-5-9-21/h2-11,14-19,29H,12-13,30H2,1H3. The van der Waals surface area contributed by atoms with E-state index in [1.807, 2.05) is 72.2 Å². The first kappa shape index (κ1) is 24.5. The summed E-state index contributed by atoms with van der Waals surface area (Å²) in [4.78, 5) is 12.5. The van der Waals surface area contributed by atoms with Gasteiger partial charge in [0.05, 0.1) is 6.20 Å². The number of para-hydroxylation sites is 1. The lowest BCUT2D eigenvalue weighted by molar-refractivity contribution is 0.477. The van der Waals surface area contributed by atoms with Crippen molar-refractivity contribution in [1.29, 1.82) is 0 Å². The first-order chi connectivity index (χ1) is 18.6. The van der Waals surface area contributed by atoms with Gasteiger partial charge in [-0.15, -0.1) is 0 Å². The van der Waals surface area contributed by atoms with E-state index in [0.29, 0.717) is 11.6 Å². The molecule has 3 aromatic heterocycles. The third-order valence-corrected chi connectivity index (χ3v) is 7.96. The van der Waals surface area contributed by atoms with Crippen LogP contribution in [0.1, 0.15) is 17.7 Å². The zero-order valence-corrected chi connectivity index (χ0v) is 22.4. The number of allylic oxidation sites excluding steroid dienone is 1. The van der Waals surface area contributed by atoms with Gasteiger partial charge in [0.2, 0.25) is 0 Å². The molecule has 0 amide bonds. The Morgan fingerprint density at radius 2 is 1.79 bits per heavy atom. The molecule has 0 spiro atoms. The van der Waals surface area contributed by atoms with Crippen molar-refractivity contribution in [3.05, 3.63) is 114 Å². The number of thioether (sulfide) groups is 1. The smallest absolute Gasteiger partial charge is 0.178 e. The Hall–Kier alpha value is -3.79. The Labute approximate surface area is 229 Å². The molecular weight excluding hydrogens is 512 g/mol. The third kappa shape index (κ3) is 5.26. The van der Waals surface area contributed by atoms with Crippen molar-refractivity contribution in [2.75, 3.05) is 4.90 Å². The van der Waals surface area contributed by atoms with Crippen molar-refractivity contribution in [2.24, 2.45) is 5.73 Å². The van der Waals surface area contributed by atoms with Crippen LogP contribution in [-0.4, -0.2) is 25.1 Å². The van der Waals surface area contributed by atoms with Gasteiger partial charge in [-0.05, 0) is 48.9 Å². The third-order valence-electron chi connectivity index (χ3n) is 6.10. The summed E-state index contributed by atoms with van der Waals surface area (Å²) < 4.78 is 8.25. The number of aryl methyl sites for hydroxylation is 2. The molecule has 6 rings (SSSR count). The average molecular weight is 539 g/mol. The summed E-state index contributed by atoms with van der Waals surface area (Å²) in [7, 11) is 0. The van der Waals surface area contributed by atoms with Crippen molar-refractivity contribution in [2.45, 2.75) is 35.2 Å². The molecule has 5 aromatic rings. The van der Waals surface area contributed by atoms with Crippen molar-refractivity contribution < 1.29 is 4.74 Å². The fourth-order valence-corrected chi connectivity index (χ4v) is 6.18. The zero-order chi connectivity index (χ0) is 25.9. The van der Waals surface area contributed by atoms with Crippen molar-refractivity contribution in [3.8, 4) is 11.5 Å². The summed E-state index contributed by atoms with van der Waals surface area (Å²) in [6.07, 6.45) is 5.39. The van der Waals surface area contributed by atoms with E-state index in [1.54, 1.807) is 29.7 Å². The highest BCUT2D eigenvalue weighted by molar-refractivity contribution is 8.03. The number of pyridine rings is 1. The van der Waals surface area contributed by atoms with Gasteiger partial charge in [0.25, 0.3) is 0 Å². The lowest BCUT2D eigenvalue weighted by Gasteiger charge is -2.27. The minimum Gasteiger partial charge on any atom is -0.453 e. The van der Waals surface area contributed by atoms with Gasteiger partial charge in [0.1, 0.15) is 16.3 Å². The molecule has 1 aliphatic rings. The van der Waals surface area contributed by atoms with Gasteiger partial charge in [-0.3, -0.25) is 0 Å². The molecule has 7 nitrogen and oxygen atoms in total. The fourth-order valence-electron chi connectivity index (χ4n) is 4.33. The van der Waals surface area contributed by atoms with Crippen molar-refractivity contribution in [3.63, 3.8) is 0 Å². The van der Waals surface area contributed by atoms with Gasteiger partial charge in [0.15, 0.2) is 17.2 Å². The highest BCUT2D eigenvalue weighted by atomic mass is 32.2. The van der Waals surface area contributed by atoms with E-state index in [4.69, 9.17) is 15.5 Å². The van der Waals surface area contributed by atoms with E-state index in [2.05, 4.69) is 44.7 Å². The highest BCUT2D eigenvalue weighted by Gasteiger charge is 2.29. The maximum Gasteiger partial charge on any atom is 0.178 e. The predicted octanol–water partition coefficient (Wildman–Crippen LogP) is 6.65. The zero-order valence-electron chi connectivity index (χ0n) is 20.8. The van der Waals surface area contributed by atoms with E-state index < -0.39 is 0 Å². The maximum absolute atomic E-state index is 6.58. The van der Waals surface area contributed by atoms with Crippen LogP contribution in [0.2, 0.25) is 0 Å². The van der Waals surface area contributed by atoms with Crippen LogP contribution in [0, 0.1) is 6.92 Å². The van der Waals surface area contributed by atoms with Crippen molar-refractivity contribution >= 4 is 35.0 Å². The minimum atomic E-state index is -0.281. The molecule has 0 saturated heterocycles. The van der Waals surface area contributed by atoms with E-state index >= 15 is 0 Å². The Bertz CT molecular complexity index is 1590. The molecule has 0 bridgehead atoms. The molecule has 190 valence electrons. The lowest BCUT2D eigenvalue weighted by atomic mass is 10.1. The number of benzene rings is 2. The highest BCUT2D eigenvalue weighted by Crippen LogP contribution is 2.42. The minimum absolute atomic E-state index is 0.281. The van der Waals surface area contributed by atoms with Crippen molar-refractivity contribution in [1.82, 2.24) is 19.6 Å². The van der Waals surface area contributed by atoms with Crippen LogP contribution >= 0.6 is 23.5 Å². The molecule has 1 aliphatic heterocycles. The van der Waals surface area contributed by atoms with Crippen LogP contribution in [0.3, 0.4) is 0 Å². The molecule has 0 aliphatic carbocycles. The molecule has 2 aromatic carbocycles. The Balaban J connectivity index is 1.34. The molecule has 9 heteroatoms. The molecule has 0 radical (unpaired) electrons. The van der Waals surface area contributed by atoms with Crippen LogP contribution in [0.25, 0.3) is 5.65 Å². The van der Waals surface area contributed by atoms with E-state index in [-0.39, 0.29) is 5.50 Å². The summed E-state index contributed by atoms with van der Waals surface area (Å²) in [5.41, 5.74) is 10.5. The predicted molar refractivity (Wildman–Crippen MR) is 153 cm³/mol. The summed E-state index contributed by atoms with van der Waals surface area (Å²) in [6, 6.07) is 26.2. The second-order valence-corrected chi connectivity index (χ2v) is 10.9. The number of nitrogens with zero attached hydrogens (tertiary/aromatic N) is 5. The van der Waals surface area contributed by atoms with Gasteiger partial charge < -0.3 is 15.4 Å². The molecule has 0 saturated carbocycles. The van der Waals surface area contributed by atoms with Crippen LogP contribution in [0.5, 0.6) is 11.5 Å². The van der Waals surface area contributed by atoms with Gasteiger partial charge in [-0.1, -0.05) is 72.1 Å². The van der Waals surface area contributed by atoms with Crippen LogP contribution in [-0.2, 0) is 6.42 Å².